The van der Waals surface area contributed by atoms with Crippen LogP contribution >= 0.6 is 0 Å². The maximum absolute atomic E-state index is 12.8. The van der Waals surface area contributed by atoms with Crippen molar-refractivity contribution in [2.75, 3.05) is 20.7 Å². The summed E-state index contributed by atoms with van der Waals surface area (Å²) < 4.78 is 5.30. The van der Waals surface area contributed by atoms with E-state index in [0.717, 1.165) is 43.5 Å². The fraction of sp³-hybridized carbons (Fsp3) is 0.562. The molecule has 19 heavy (non-hydrogen) atoms. The number of hydrogen-bond donors (Lipinski definition) is 0. The van der Waals surface area contributed by atoms with Crippen molar-refractivity contribution in [3.8, 4) is 5.75 Å². The predicted octanol–water partition coefficient (Wildman–Crippen LogP) is 2.99. The summed E-state index contributed by atoms with van der Waals surface area (Å²) in [6.07, 6.45) is 3.96. The van der Waals surface area contributed by atoms with Crippen LogP contribution in [0, 0.1) is 0 Å². The Balaban J connectivity index is 2.47. The first-order valence-electron chi connectivity index (χ1n) is 7.04. The maximum atomic E-state index is 12.8. The minimum absolute atomic E-state index is 0.251. The molecule has 1 fully saturated rings. The van der Waals surface area contributed by atoms with Crippen molar-refractivity contribution < 1.29 is 9.53 Å². The van der Waals surface area contributed by atoms with E-state index in [0.29, 0.717) is 0 Å². The number of hydrogen-bond acceptors (Lipinski definition) is 2. The zero-order chi connectivity index (χ0) is 13.9. The van der Waals surface area contributed by atoms with E-state index in [9.17, 15) is 4.79 Å². The zero-order valence-corrected chi connectivity index (χ0v) is 12.1. The summed E-state index contributed by atoms with van der Waals surface area (Å²) in [5.74, 6) is 1.07. The Kier molecular flexibility index (Phi) is 4.13. The van der Waals surface area contributed by atoms with E-state index in [4.69, 9.17) is 4.74 Å². The van der Waals surface area contributed by atoms with E-state index in [1.54, 1.807) is 7.11 Å². The van der Waals surface area contributed by atoms with Crippen LogP contribution in [0.5, 0.6) is 5.75 Å². The van der Waals surface area contributed by atoms with Gasteiger partial charge in [0.25, 0.3) is 0 Å². The lowest BCUT2D eigenvalue weighted by atomic mass is 9.73. The fourth-order valence-electron chi connectivity index (χ4n) is 3.07. The lowest BCUT2D eigenvalue weighted by molar-refractivity contribution is -0.135. The summed E-state index contributed by atoms with van der Waals surface area (Å²) >= 11 is 0. The Labute approximate surface area is 115 Å². The molecule has 0 unspecified atom stereocenters. The summed E-state index contributed by atoms with van der Waals surface area (Å²) in [5.41, 5.74) is 0.716. The van der Waals surface area contributed by atoms with Gasteiger partial charge in [0.1, 0.15) is 5.75 Å². The SMILES string of the molecule is CC[C@@]1(c2cccc(OC)c2)CCCCN(C)C1=O. The number of likely N-dealkylation sites (N-methyl/N-ethyl adjacent to an activating group) is 1. The molecular formula is C16H23NO2. The van der Waals surface area contributed by atoms with Crippen LogP contribution in [0.4, 0.5) is 0 Å². The summed E-state index contributed by atoms with van der Waals surface area (Å²) in [7, 11) is 3.58. The topological polar surface area (TPSA) is 29.5 Å². The highest BCUT2D eigenvalue weighted by atomic mass is 16.5. The van der Waals surface area contributed by atoms with Crippen molar-refractivity contribution in [3.63, 3.8) is 0 Å². The van der Waals surface area contributed by atoms with Crippen molar-refractivity contribution in [1.82, 2.24) is 4.90 Å². The number of methoxy groups -OCH3 is 1. The Hall–Kier alpha value is -1.51. The lowest BCUT2D eigenvalue weighted by Crippen LogP contribution is -2.43. The number of carbonyl (C=O) groups excluding carboxylic acids is 1. The number of rotatable bonds is 3. The van der Waals surface area contributed by atoms with Gasteiger partial charge in [-0.3, -0.25) is 4.79 Å². The molecule has 3 nitrogen and oxygen atoms in total. The molecular weight excluding hydrogens is 238 g/mol. The first-order valence-corrected chi connectivity index (χ1v) is 7.04. The van der Waals surface area contributed by atoms with Gasteiger partial charge in [0.2, 0.25) is 5.91 Å². The highest BCUT2D eigenvalue weighted by Crippen LogP contribution is 2.38. The summed E-state index contributed by atoms with van der Waals surface area (Å²) in [5, 5.41) is 0. The van der Waals surface area contributed by atoms with Crippen molar-refractivity contribution in [2.45, 2.75) is 38.0 Å². The fourth-order valence-corrected chi connectivity index (χ4v) is 3.07. The van der Waals surface area contributed by atoms with Gasteiger partial charge in [-0.05, 0) is 37.0 Å². The highest BCUT2D eigenvalue weighted by Gasteiger charge is 2.41. The lowest BCUT2D eigenvalue weighted by Gasteiger charge is -2.33. The van der Waals surface area contributed by atoms with Gasteiger partial charge in [0.05, 0.1) is 12.5 Å². The van der Waals surface area contributed by atoms with Gasteiger partial charge in [-0.2, -0.15) is 0 Å². The van der Waals surface area contributed by atoms with Crippen molar-refractivity contribution in [2.24, 2.45) is 0 Å². The molecule has 1 aromatic rings. The van der Waals surface area contributed by atoms with Gasteiger partial charge in [-0.1, -0.05) is 25.5 Å². The molecule has 0 aromatic heterocycles. The third kappa shape index (κ3) is 2.46. The van der Waals surface area contributed by atoms with E-state index in [2.05, 4.69) is 13.0 Å². The average Bonchev–Trinajstić information content (AvgIpc) is 2.60. The van der Waals surface area contributed by atoms with Crippen molar-refractivity contribution in [3.05, 3.63) is 29.8 Å². The van der Waals surface area contributed by atoms with Gasteiger partial charge in [-0.15, -0.1) is 0 Å². The first kappa shape index (κ1) is 13.9. The van der Waals surface area contributed by atoms with E-state index in [-0.39, 0.29) is 11.3 Å². The monoisotopic (exact) mass is 261 g/mol. The largest absolute Gasteiger partial charge is 0.497 e. The molecule has 1 atom stereocenters. The minimum Gasteiger partial charge on any atom is -0.497 e. The van der Waals surface area contributed by atoms with E-state index in [1.165, 1.54) is 0 Å². The molecule has 104 valence electrons. The molecule has 1 aliphatic heterocycles. The Morgan fingerprint density at radius 2 is 2.16 bits per heavy atom. The summed E-state index contributed by atoms with van der Waals surface area (Å²) in [6, 6.07) is 7.98. The molecule has 1 amide bonds. The van der Waals surface area contributed by atoms with Gasteiger partial charge in [0.15, 0.2) is 0 Å². The molecule has 0 spiro atoms. The zero-order valence-electron chi connectivity index (χ0n) is 12.1. The number of likely N-dealkylation sites (tertiary alicyclic amines) is 1. The molecule has 0 aliphatic carbocycles. The maximum Gasteiger partial charge on any atom is 0.232 e. The van der Waals surface area contributed by atoms with Gasteiger partial charge in [0, 0.05) is 13.6 Å². The van der Waals surface area contributed by atoms with Crippen LogP contribution in [0.3, 0.4) is 0 Å². The quantitative estimate of drug-likeness (QED) is 0.837. The van der Waals surface area contributed by atoms with Gasteiger partial charge < -0.3 is 9.64 Å². The minimum atomic E-state index is -0.375. The standard InChI is InChI=1S/C16H23NO2/c1-4-16(10-5-6-11-17(2)15(16)18)13-8-7-9-14(12-13)19-3/h7-9,12H,4-6,10-11H2,1-3H3/t16-/m0/s1. The number of ether oxygens (including phenoxy) is 1. The van der Waals surface area contributed by atoms with E-state index < -0.39 is 0 Å². The highest BCUT2D eigenvalue weighted by molar-refractivity contribution is 5.88. The van der Waals surface area contributed by atoms with Crippen molar-refractivity contribution in [1.29, 1.82) is 0 Å². The third-order valence-electron chi connectivity index (χ3n) is 4.33. The van der Waals surface area contributed by atoms with Crippen LogP contribution in [0.25, 0.3) is 0 Å². The van der Waals surface area contributed by atoms with Crippen LogP contribution in [0.2, 0.25) is 0 Å². The second-order valence-corrected chi connectivity index (χ2v) is 5.35. The smallest absolute Gasteiger partial charge is 0.232 e. The van der Waals surface area contributed by atoms with E-state index in [1.807, 2.05) is 30.1 Å². The number of amides is 1. The Morgan fingerprint density at radius 3 is 2.84 bits per heavy atom. The molecule has 1 heterocycles. The molecule has 0 radical (unpaired) electrons. The number of carbonyl (C=O) groups is 1. The molecule has 1 aliphatic rings. The van der Waals surface area contributed by atoms with Crippen LogP contribution in [-0.4, -0.2) is 31.5 Å². The normalized spacial score (nSPS) is 24.2. The third-order valence-corrected chi connectivity index (χ3v) is 4.33. The molecule has 1 aromatic carbocycles. The van der Waals surface area contributed by atoms with Crippen molar-refractivity contribution >= 4 is 5.91 Å². The molecule has 1 saturated heterocycles. The number of benzene rings is 1. The van der Waals surface area contributed by atoms with Crippen LogP contribution in [0.1, 0.15) is 38.2 Å². The summed E-state index contributed by atoms with van der Waals surface area (Å²) in [6.45, 7) is 2.97. The van der Waals surface area contributed by atoms with Crippen LogP contribution < -0.4 is 4.74 Å². The Morgan fingerprint density at radius 1 is 1.37 bits per heavy atom. The molecule has 0 N–H and O–H groups in total. The second kappa shape index (κ2) is 5.64. The molecule has 2 rings (SSSR count). The molecule has 3 heteroatoms. The second-order valence-electron chi connectivity index (χ2n) is 5.35. The summed E-state index contributed by atoms with van der Waals surface area (Å²) in [4.78, 5) is 14.7. The van der Waals surface area contributed by atoms with Crippen LogP contribution in [-0.2, 0) is 10.2 Å². The molecule has 0 saturated carbocycles. The van der Waals surface area contributed by atoms with Gasteiger partial charge in [-0.25, -0.2) is 0 Å². The van der Waals surface area contributed by atoms with Gasteiger partial charge >= 0.3 is 0 Å². The Bertz CT molecular complexity index is 458. The van der Waals surface area contributed by atoms with E-state index >= 15 is 0 Å². The van der Waals surface area contributed by atoms with Crippen LogP contribution in [0.15, 0.2) is 24.3 Å². The first-order chi connectivity index (χ1) is 9.14. The molecule has 0 bridgehead atoms. The number of nitrogens with zero attached hydrogens (tertiary/aromatic N) is 1. The average molecular weight is 261 g/mol. The predicted molar refractivity (Wildman–Crippen MR) is 76.5 cm³/mol.